The molecule has 0 bridgehead atoms. The Hall–Kier alpha value is -1.95. The van der Waals surface area contributed by atoms with E-state index in [0.717, 1.165) is 21.8 Å². The molecule has 3 aromatic heterocycles. The van der Waals surface area contributed by atoms with Crippen molar-refractivity contribution in [3.63, 3.8) is 0 Å². The molecule has 0 aliphatic rings. The van der Waals surface area contributed by atoms with Crippen molar-refractivity contribution in [3.8, 4) is 0 Å². The van der Waals surface area contributed by atoms with Gasteiger partial charge in [0.15, 0.2) is 9.99 Å². The van der Waals surface area contributed by atoms with Crippen LogP contribution in [0.3, 0.4) is 0 Å². The van der Waals surface area contributed by atoms with Crippen LogP contribution < -0.4 is 5.32 Å². The van der Waals surface area contributed by atoms with E-state index in [4.69, 9.17) is 0 Å². The van der Waals surface area contributed by atoms with Crippen LogP contribution in [-0.2, 0) is 6.18 Å². The van der Waals surface area contributed by atoms with Crippen LogP contribution in [0, 0.1) is 13.8 Å². The van der Waals surface area contributed by atoms with Crippen LogP contribution in [0.25, 0.3) is 5.65 Å². The molecule has 3 rings (SSSR count). The van der Waals surface area contributed by atoms with Crippen LogP contribution in [0.1, 0.15) is 23.9 Å². The summed E-state index contributed by atoms with van der Waals surface area (Å²) in [6.07, 6.45) is -4.63. The highest BCUT2D eigenvalue weighted by molar-refractivity contribution is 8.01. The second-order valence-corrected chi connectivity index (χ2v) is 7.03. The summed E-state index contributed by atoms with van der Waals surface area (Å²) in [4.78, 5) is 0. The number of anilines is 1. The summed E-state index contributed by atoms with van der Waals surface area (Å²) in [5.74, 6) is -1.15. The number of alkyl halides is 3. The molecule has 0 spiro atoms. The van der Waals surface area contributed by atoms with Gasteiger partial charge in [-0.3, -0.25) is 0 Å². The first-order chi connectivity index (χ1) is 11.3. The van der Waals surface area contributed by atoms with E-state index in [9.17, 15) is 13.2 Å². The van der Waals surface area contributed by atoms with Crippen LogP contribution in [0.2, 0.25) is 0 Å². The fourth-order valence-corrected chi connectivity index (χ4v) is 3.79. The molecule has 0 saturated carbocycles. The summed E-state index contributed by atoms with van der Waals surface area (Å²) in [6, 6.07) is 0. The number of aromatic nitrogens is 6. The van der Waals surface area contributed by atoms with Gasteiger partial charge in [-0.15, -0.1) is 20.4 Å². The van der Waals surface area contributed by atoms with Crippen LogP contribution in [0.4, 0.5) is 18.3 Å². The first-order valence-electron chi connectivity index (χ1n) is 6.86. The molecule has 0 aliphatic carbocycles. The van der Waals surface area contributed by atoms with Gasteiger partial charge < -0.3 is 5.32 Å². The zero-order chi connectivity index (χ0) is 17.5. The smallest absolute Gasteiger partial charge is 0.360 e. The lowest BCUT2D eigenvalue weighted by Gasteiger charge is -2.09. The van der Waals surface area contributed by atoms with Gasteiger partial charge in [0.05, 0.1) is 0 Å². The van der Waals surface area contributed by atoms with Gasteiger partial charge in [-0.05, 0) is 38.1 Å². The van der Waals surface area contributed by atoms with E-state index in [0.29, 0.717) is 26.6 Å². The Bertz CT molecular complexity index is 887. The lowest BCUT2D eigenvalue weighted by atomic mass is 10.2. The van der Waals surface area contributed by atoms with Crippen molar-refractivity contribution in [1.29, 1.82) is 0 Å². The van der Waals surface area contributed by atoms with E-state index < -0.39 is 12.0 Å². The minimum atomic E-state index is -4.63. The molecule has 3 heterocycles. The average molecular weight is 375 g/mol. The summed E-state index contributed by atoms with van der Waals surface area (Å²) in [5.41, 5.74) is 1.41. The van der Waals surface area contributed by atoms with Gasteiger partial charge in [0.2, 0.25) is 5.13 Å². The van der Waals surface area contributed by atoms with E-state index in [-0.39, 0.29) is 5.65 Å². The van der Waals surface area contributed by atoms with Crippen LogP contribution in [0.5, 0.6) is 0 Å². The zero-order valence-electron chi connectivity index (χ0n) is 12.8. The molecule has 3 aromatic rings. The molecule has 0 amide bonds. The summed E-state index contributed by atoms with van der Waals surface area (Å²) >= 11 is 2.47. The number of rotatable bonds is 4. The SMILES string of the molecule is CCNc1nnc(Sc2nn3c(C(F)(F)F)nnc3c(C)c2C)s1. The molecule has 7 nitrogen and oxygen atoms in total. The van der Waals surface area contributed by atoms with Gasteiger partial charge in [0, 0.05) is 12.1 Å². The Morgan fingerprint density at radius 1 is 1.12 bits per heavy atom. The largest absolute Gasteiger partial charge is 0.453 e. The quantitative estimate of drug-likeness (QED) is 0.750. The highest BCUT2D eigenvalue weighted by Gasteiger charge is 2.38. The Balaban J connectivity index is 2.05. The summed E-state index contributed by atoms with van der Waals surface area (Å²) in [7, 11) is 0. The standard InChI is InChI=1S/C12H12F3N7S2/c1-4-16-10-19-20-11(24-10)23-8-6(3)5(2)7-17-18-9(12(13,14)15)22(7)21-8/h4H2,1-3H3,(H,16,19). The second kappa shape index (κ2) is 6.16. The molecule has 12 heteroatoms. The lowest BCUT2D eigenvalue weighted by molar-refractivity contribution is -0.146. The van der Waals surface area contributed by atoms with Gasteiger partial charge in [-0.25, -0.2) is 0 Å². The Kier molecular flexibility index (Phi) is 4.34. The molecule has 0 aromatic carbocycles. The van der Waals surface area contributed by atoms with Gasteiger partial charge in [0.25, 0.3) is 5.82 Å². The Morgan fingerprint density at radius 2 is 1.88 bits per heavy atom. The molecular formula is C12H12F3N7S2. The third kappa shape index (κ3) is 3.02. The normalized spacial score (nSPS) is 12.1. The van der Waals surface area contributed by atoms with Crippen molar-refractivity contribution >= 4 is 33.9 Å². The van der Waals surface area contributed by atoms with Crippen molar-refractivity contribution in [3.05, 3.63) is 17.0 Å². The van der Waals surface area contributed by atoms with E-state index >= 15 is 0 Å². The van der Waals surface area contributed by atoms with Gasteiger partial charge in [-0.1, -0.05) is 11.3 Å². The van der Waals surface area contributed by atoms with Crippen LogP contribution >= 0.6 is 23.1 Å². The number of hydrogen-bond donors (Lipinski definition) is 1. The number of fused-ring (bicyclic) bond motifs is 1. The summed E-state index contributed by atoms with van der Waals surface area (Å²) < 4.78 is 40.4. The molecule has 1 N–H and O–H groups in total. The van der Waals surface area contributed by atoms with Crippen LogP contribution in [-0.4, -0.2) is 36.6 Å². The fraction of sp³-hybridized carbons (Fsp3) is 0.417. The third-order valence-electron chi connectivity index (χ3n) is 3.22. The van der Waals surface area contributed by atoms with Crippen LogP contribution in [0.15, 0.2) is 9.37 Å². The number of nitrogens with zero attached hydrogens (tertiary/aromatic N) is 6. The number of aryl methyl sites for hydroxylation is 1. The minimum Gasteiger partial charge on any atom is -0.360 e. The molecule has 0 saturated heterocycles. The maximum Gasteiger partial charge on any atom is 0.453 e. The zero-order valence-corrected chi connectivity index (χ0v) is 14.5. The fourth-order valence-electron chi connectivity index (χ4n) is 1.93. The Morgan fingerprint density at radius 3 is 2.54 bits per heavy atom. The molecular weight excluding hydrogens is 363 g/mol. The lowest BCUT2D eigenvalue weighted by Crippen LogP contribution is -2.13. The van der Waals surface area contributed by atoms with Gasteiger partial charge in [0.1, 0.15) is 5.03 Å². The average Bonchev–Trinajstić information content (AvgIpc) is 3.11. The molecule has 128 valence electrons. The molecule has 0 fully saturated rings. The van der Waals surface area contributed by atoms with Gasteiger partial charge in [-0.2, -0.15) is 22.8 Å². The summed E-state index contributed by atoms with van der Waals surface area (Å²) in [5, 5.41) is 23.0. The molecule has 0 radical (unpaired) electrons. The van der Waals surface area contributed by atoms with Crippen molar-refractivity contribution in [2.45, 2.75) is 36.3 Å². The summed E-state index contributed by atoms with van der Waals surface area (Å²) in [6.45, 7) is 6.10. The Labute approximate surface area is 142 Å². The monoisotopic (exact) mass is 375 g/mol. The number of hydrogen-bond acceptors (Lipinski definition) is 8. The third-order valence-corrected chi connectivity index (χ3v) is 5.24. The predicted octanol–water partition coefficient (Wildman–Crippen LogP) is 3.19. The van der Waals surface area contributed by atoms with Crippen molar-refractivity contribution in [2.24, 2.45) is 0 Å². The maximum absolute atomic E-state index is 13.0. The van der Waals surface area contributed by atoms with E-state index in [1.807, 2.05) is 6.92 Å². The van der Waals surface area contributed by atoms with Gasteiger partial charge >= 0.3 is 6.18 Å². The second-order valence-electron chi connectivity index (χ2n) is 4.82. The van der Waals surface area contributed by atoms with Crippen molar-refractivity contribution in [2.75, 3.05) is 11.9 Å². The van der Waals surface area contributed by atoms with E-state index in [1.165, 1.54) is 11.3 Å². The van der Waals surface area contributed by atoms with Crippen molar-refractivity contribution in [1.82, 2.24) is 30.0 Å². The molecule has 24 heavy (non-hydrogen) atoms. The number of halogens is 3. The van der Waals surface area contributed by atoms with E-state index in [1.54, 1.807) is 13.8 Å². The topological polar surface area (TPSA) is 80.9 Å². The first-order valence-corrected chi connectivity index (χ1v) is 8.49. The van der Waals surface area contributed by atoms with Crippen molar-refractivity contribution < 1.29 is 13.2 Å². The molecule has 0 aliphatic heterocycles. The predicted molar refractivity (Wildman–Crippen MR) is 83.5 cm³/mol. The molecule has 0 unspecified atom stereocenters. The maximum atomic E-state index is 13.0. The highest BCUT2D eigenvalue weighted by Crippen LogP contribution is 2.35. The molecule has 0 atom stereocenters. The highest BCUT2D eigenvalue weighted by atomic mass is 32.2. The minimum absolute atomic E-state index is 0.0924. The van der Waals surface area contributed by atoms with E-state index in [2.05, 4.69) is 30.8 Å². The number of nitrogens with one attached hydrogen (secondary N) is 1. The first kappa shape index (κ1) is 16.9.